The van der Waals surface area contributed by atoms with Crippen LogP contribution in [-0.4, -0.2) is 89.6 Å². The lowest BCUT2D eigenvalue weighted by Crippen LogP contribution is -2.66. The molecule has 0 aromatic heterocycles. The van der Waals surface area contributed by atoms with E-state index in [0.717, 1.165) is 0 Å². The van der Waals surface area contributed by atoms with Crippen LogP contribution in [0.3, 0.4) is 0 Å². The standard InChI is InChI=1S/C21H29F2N5O7S/c1-8-14-13(9(2)26-19(31)17(22)23)20(32)28(14)15(21(33)34)16(8)36-10-6-11(25-7-10)18(30)24-5-4-12(29)27-35-3/h8-11,13-14,17,25H,4-7H2,1-3H3,(H,24,30)(H,26,31)(H,27,29)(H,33,34)/t8-,9?,10+,11+,13-,14-/m1/s1. The van der Waals surface area contributed by atoms with E-state index in [-0.39, 0.29) is 35.7 Å². The Morgan fingerprint density at radius 3 is 2.61 bits per heavy atom. The van der Waals surface area contributed by atoms with E-state index in [4.69, 9.17) is 0 Å². The van der Waals surface area contributed by atoms with E-state index in [1.807, 2.05) is 0 Å². The van der Waals surface area contributed by atoms with Crippen LogP contribution >= 0.6 is 11.8 Å². The van der Waals surface area contributed by atoms with E-state index in [0.29, 0.717) is 17.9 Å². The smallest absolute Gasteiger partial charge is 0.353 e. The van der Waals surface area contributed by atoms with Crippen LogP contribution in [0.4, 0.5) is 8.78 Å². The van der Waals surface area contributed by atoms with Gasteiger partial charge in [0.25, 0.3) is 5.91 Å². The third-order valence-electron chi connectivity index (χ3n) is 6.47. The number of thioether (sulfide) groups is 1. The highest BCUT2D eigenvalue weighted by Crippen LogP contribution is 2.51. The molecule has 4 amide bonds. The molecule has 0 aromatic carbocycles. The summed E-state index contributed by atoms with van der Waals surface area (Å²) < 4.78 is 25.3. The minimum atomic E-state index is -3.22. The number of nitrogens with one attached hydrogen (secondary N) is 4. The topological polar surface area (TPSA) is 166 Å². The summed E-state index contributed by atoms with van der Waals surface area (Å²) in [6, 6.07) is -2.00. The van der Waals surface area contributed by atoms with Gasteiger partial charge < -0.3 is 26.0 Å². The highest BCUT2D eigenvalue weighted by atomic mass is 32.2. The first-order valence-electron chi connectivity index (χ1n) is 11.4. The van der Waals surface area contributed by atoms with Crippen molar-refractivity contribution in [2.24, 2.45) is 11.8 Å². The molecule has 3 aliphatic rings. The number of fused-ring (bicyclic) bond motifs is 1. The monoisotopic (exact) mass is 533 g/mol. The zero-order valence-corrected chi connectivity index (χ0v) is 20.7. The van der Waals surface area contributed by atoms with Gasteiger partial charge in [-0.15, -0.1) is 11.8 Å². The number of aliphatic carboxylic acids is 1. The molecule has 0 radical (unpaired) electrons. The quantitative estimate of drug-likeness (QED) is 0.168. The van der Waals surface area contributed by atoms with Crippen LogP contribution in [0.15, 0.2) is 10.6 Å². The van der Waals surface area contributed by atoms with Gasteiger partial charge in [-0.05, 0) is 13.3 Å². The van der Waals surface area contributed by atoms with Gasteiger partial charge in [0.2, 0.25) is 17.7 Å². The average molecular weight is 534 g/mol. The number of carbonyl (C=O) groups excluding carboxylic acids is 4. The lowest BCUT2D eigenvalue weighted by atomic mass is 9.78. The third-order valence-corrected chi connectivity index (χ3v) is 7.98. The van der Waals surface area contributed by atoms with Gasteiger partial charge in [0, 0.05) is 41.6 Å². The van der Waals surface area contributed by atoms with Gasteiger partial charge in [0.15, 0.2) is 0 Å². The molecule has 6 atom stereocenters. The van der Waals surface area contributed by atoms with Crippen molar-refractivity contribution < 1.29 is 42.7 Å². The highest BCUT2D eigenvalue weighted by Gasteiger charge is 2.60. The summed E-state index contributed by atoms with van der Waals surface area (Å²) in [6.45, 7) is 3.74. The van der Waals surface area contributed by atoms with Crippen LogP contribution in [-0.2, 0) is 28.8 Å². The number of amides is 4. The van der Waals surface area contributed by atoms with Crippen molar-refractivity contribution in [3.8, 4) is 0 Å². The van der Waals surface area contributed by atoms with Crippen LogP contribution in [0.5, 0.6) is 0 Å². The van der Waals surface area contributed by atoms with Gasteiger partial charge in [-0.25, -0.2) is 10.3 Å². The summed E-state index contributed by atoms with van der Waals surface area (Å²) in [7, 11) is 1.30. The Hall–Kier alpha value is -2.78. The molecule has 15 heteroatoms. The molecule has 0 aliphatic carbocycles. The second-order valence-electron chi connectivity index (χ2n) is 8.84. The zero-order chi connectivity index (χ0) is 26.7. The second kappa shape index (κ2) is 11.5. The molecule has 0 saturated carbocycles. The van der Waals surface area contributed by atoms with Crippen LogP contribution in [0.2, 0.25) is 0 Å². The Morgan fingerprint density at radius 2 is 2.00 bits per heavy atom. The molecule has 2 fully saturated rings. The predicted octanol–water partition coefficient (Wildman–Crippen LogP) is -0.823. The van der Waals surface area contributed by atoms with Crippen LogP contribution in [0.1, 0.15) is 26.7 Å². The number of rotatable bonds is 11. The molecule has 12 nitrogen and oxygen atoms in total. The van der Waals surface area contributed by atoms with Gasteiger partial charge in [0.1, 0.15) is 5.70 Å². The van der Waals surface area contributed by atoms with E-state index in [2.05, 4.69) is 26.3 Å². The van der Waals surface area contributed by atoms with E-state index in [1.54, 1.807) is 6.92 Å². The number of carboxylic acids is 1. The fourth-order valence-corrected chi connectivity index (χ4v) is 6.31. The fraction of sp³-hybridized carbons (Fsp3) is 0.667. The molecule has 3 aliphatic heterocycles. The minimum absolute atomic E-state index is 0.0411. The molecular weight excluding hydrogens is 504 g/mol. The number of hydrogen-bond donors (Lipinski definition) is 5. The maximum absolute atomic E-state index is 12.8. The molecule has 0 aromatic rings. The molecule has 36 heavy (non-hydrogen) atoms. The van der Waals surface area contributed by atoms with E-state index < -0.39 is 54.2 Å². The van der Waals surface area contributed by atoms with Crippen LogP contribution < -0.4 is 21.4 Å². The van der Waals surface area contributed by atoms with Crippen molar-refractivity contribution >= 4 is 41.4 Å². The molecular formula is C21H29F2N5O7S. The number of carboxylic acid groups (broad SMARTS) is 1. The lowest BCUT2D eigenvalue weighted by molar-refractivity contribution is -0.159. The minimum Gasteiger partial charge on any atom is -0.477 e. The Balaban J connectivity index is 1.62. The summed E-state index contributed by atoms with van der Waals surface area (Å²) in [6.07, 6.45) is -2.78. The Bertz CT molecular complexity index is 965. The predicted molar refractivity (Wildman–Crippen MR) is 122 cm³/mol. The fourth-order valence-electron chi connectivity index (χ4n) is 4.83. The maximum atomic E-state index is 12.8. The number of carbonyl (C=O) groups is 5. The first kappa shape index (κ1) is 27.8. The first-order chi connectivity index (χ1) is 17.0. The zero-order valence-electron chi connectivity index (χ0n) is 19.9. The summed E-state index contributed by atoms with van der Waals surface area (Å²) in [5.41, 5.74) is 2.00. The first-order valence-corrected chi connectivity index (χ1v) is 12.2. The molecule has 200 valence electrons. The van der Waals surface area contributed by atoms with Crippen molar-refractivity contribution in [1.82, 2.24) is 26.3 Å². The molecule has 0 spiro atoms. The number of alkyl halides is 2. The summed E-state index contributed by atoms with van der Waals surface area (Å²) in [5.74, 6) is -5.21. The number of nitrogens with zero attached hydrogens (tertiary/aromatic N) is 1. The van der Waals surface area contributed by atoms with Crippen molar-refractivity contribution in [2.75, 3.05) is 20.2 Å². The molecule has 3 rings (SSSR count). The average Bonchev–Trinajstić information content (AvgIpc) is 3.36. The van der Waals surface area contributed by atoms with E-state index >= 15 is 0 Å². The van der Waals surface area contributed by atoms with Crippen molar-refractivity contribution in [3.63, 3.8) is 0 Å². The molecule has 3 heterocycles. The summed E-state index contributed by atoms with van der Waals surface area (Å²) in [5, 5.41) is 17.5. The molecule has 1 unspecified atom stereocenters. The third kappa shape index (κ3) is 5.62. The van der Waals surface area contributed by atoms with Gasteiger partial charge in [-0.2, -0.15) is 8.78 Å². The lowest BCUT2D eigenvalue weighted by Gasteiger charge is -2.47. The summed E-state index contributed by atoms with van der Waals surface area (Å²) >= 11 is 1.27. The number of hydrogen-bond acceptors (Lipinski definition) is 8. The number of halogens is 2. The maximum Gasteiger partial charge on any atom is 0.353 e. The Morgan fingerprint density at radius 1 is 1.31 bits per heavy atom. The molecule has 5 N–H and O–H groups in total. The largest absolute Gasteiger partial charge is 0.477 e. The normalized spacial score (nSPS) is 28.0. The number of hydroxylamine groups is 1. The van der Waals surface area contributed by atoms with Crippen molar-refractivity contribution in [2.45, 2.75) is 56.5 Å². The van der Waals surface area contributed by atoms with Gasteiger partial charge >= 0.3 is 12.4 Å². The summed E-state index contributed by atoms with van der Waals surface area (Å²) in [4.78, 5) is 66.2. The SMILES string of the molecule is CONC(=O)CCNC(=O)[C@@H]1C[C@H](SC2=C(C(=O)O)N3C(=O)[C@H](C(C)NC(=O)C(F)F)[C@H]3[C@H]2C)CN1. The van der Waals surface area contributed by atoms with Crippen molar-refractivity contribution in [3.05, 3.63) is 10.6 Å². The number of β-lactam (4-membered cyclic amide) rings is 1. The van der Waals surface area contributed by atoms with Gasteiger partial charge in [0.05, 0.1) is 25.1 Å². The van der Waals surface area contributed by atoms with Gasteiger partial charge in [-0.1, -0.05) is 6.92 Å². The Kier molecular flexibility index (Phi) is 8.89. The van der Waals surface area contributed by atoms with Crippen LogP contribution in [0.25, 0.3) is 0 Å². The highest BCUT2D eigenvalue weighted by molar-refractivity contribution is 8.03. The van der Waals surface area contributed by atoms with E-state index in [9.17, 15) is 37.9 Å². The molecule has 0 bridgehead atoms. The van der Waals surface area contributed by atoms with Gasteiger partial charge in [-0.3, -0.25) is 24.0 Å². The Labute approximate surface area is 209 Å². The molecule has 2 saturated heterocycles. The van der Waals surface area contributed by atoms with Crippen LogP contribution in [0, 0.1) is 11.8 Å². The van der Waals surface area contributed by atoms with Crippen molar-refractivity contribution in [1.29, 1.82) is 0 Å². The second-order valence-corrected chi connectivity index (χ2v) is 10.2. The van der Waals surface area contributed by atoms with E-state index in [1.165, 1.54) is 30.7 Å².